The molecule has 0 radical (unpaired) electrons. The third-order valence-electron chi connectivity index (χ3n) is 16.7. The summed E-state index contributed by atoms with van der Waals surface area (Å²) in [6.45, 7) is 26.4. The standard InChI is InChI=1S/C57H37N5.C17H23N.C8H12.C4H6/c1-5-16-38(17-6-1)44-34-45(39-18-7-2-8-19-39)37-47(36-44)62-51-27-14-13-26-50(51)53-48-29-28-40-32-33-61(54(40)49(48)30-31-52(53)62)46-25-15-24-43(35-46)57-59-55(41-20-9-3-10-21-41)58-56(60-57)42-22-11-4-12-23-42;1-6-9-14-15-11-10-12(4)13(5)17(15)18(8-3)16(14)7-2;1-4-5-6-7-8(2)3;1-3-4-2/h1-37H;6,9-11H,7-8H2,1-5H3;4-7H,2H2,1,3H3;3-4H,1-2H2/b;9-6-;5-4-,7-6-;. The Bertz CT molecular complexity index is 4910. The summed E-state index contributed by atoms with van der Waals surface area (Å²) in [5.41, 5.74) is 21.4. The molecule has 0 fully saturated rings. The molecule has 6 nitrogen and oxygen atoms in total. The summed E-state index contributed by atoms with van der Waals surface area (Å²) in [7, 11) is 0. The first-order valence-electron chi connectivity index (χ1n) is 31.7. The number of para-hydroxylation sites is 1. The van der Waals surface area contributed by atoms with Crippen molar-refractivity contribution < 1.29 is 0 Å². The summed E-state index contributed by atoms with van der Waals surface area (Å²) in [6, 6.07) is 81.8. The summed E-state index contributed by atoms with van der Waals surface area (Å²) >= 11 is 0. The van der Waals surface area contributed by atoms with E-state index in [1.807, 2.05) is 98.8 Å². The van der Waals surface area contributed by atoms with Crippen LogP contribution in [0.1, 0.15) is 57.0 Å². The van der Waals surface area contributed by atoms with Crippen LogP contribution in [0, 0.1) is 13.8 Å². The fraction of sp³-hybridized carbons (Fsp3) is 0.105. The molecule has 0 aliphatic rings. The number of rotatable bonds is 13. The molecule has 452 valence electrons. The van der Waals surface area contributed by atoms with Crippen molar-refractivity contribution >= 4 is 60.5 Å². The molecule has 0 unspecified atom stereocenters. The molecule has 0 aliphatic heterocycles. The fourth-order valence-electron chi connectivity index (χ4n) is 12.3. The van der Waals surface area contributed by atoms with Gasteiger partial charge in [-0.15, -0.1) is 0 Å². The molecular weight excluding hydrogens is 1120 g/mol. The molecule has 0 saturated heterocycles. The van der Waals surface area contributed by atoms with Gasteiger partial charge in [0, 0.05) is 79.0 Å². The van der Waals surface area contributed by atoms with Crippen molar-refractivity contribution in [3.8, 4) is 67.8 Å². The van der Waals surface area contributed by atoms with Crippen LogP contribution in [0.15, 0.2) is 305 Å². The van der Waals surface area contributed by atoms with Crippen LogP contribution in [-0.2, 0) is 13.0 Å². The van der Waals surface area contributed by atoms with Crippen molar-refractivity contribution in [2.24, 2.45) is 0 Å². The first-order valence-corrected chi connectivity index (χ1v) is 31.7. The Morgan fingerprint density at radius 3 is 1.58 bits per heavy atom. The Kier molecular flexibility index (Phi) is 19.6. The zero-order chi connectivity index (χ0) is 64.1. The molecule has 0 spiro atoms. The third-order valence-corrected chi connectivity index (χ3v) is 16.7. The first-order chi connectivity index (χ1) is 45.1. The monoisotopic (exact) mass is 1190 g/mol. The smallest absolute Gasteiger partial charge is 0.164 e. The van der Waals surface area contributed by atoms with Gasteiger partial charge in [-0.05, 0) is 135 Å². The lowest BCUT2D eigenvalue weighted by Crippen LogP contribution is -2.01. The van der Waals surface area contributed by atoms with Crippen LogP contribution in [0.25, 0.3) is 128 Å². The molecule has 0 amide bonds. The quantitative estimate of drug-likeness (QED) is 0.108. The number of nitrogens with zero attached hydrogens (tertiary/aromatic N) is 6. The molecule has 10 aromatic carbocycles. The van der Waals surface area contributed by atoms with Crippen molar-refractivity contribution in [2.75, 3.05) is 0 Å². The van der Waals surface area contributed by atoms with Crippen LogP contribution in [0.3, 0.4) is 0 Å². The Morgan fingerprint density at radius 2 is 1.01 bits per heavy atom. The van der Waals surface area contributed by atoms with Gasteiger partial charge in [-0.25, -0.2) is 15.0 Å². The number of aromatic nitrogens is 6. The Labute approximate surface area is 542 Å². The molecule has 92 heavy (non-hydrogen) atoms. The van der Waals surface area contributed by atoms with Gasteiger partial charge in [-0.1, -0.05) is 263 Å². The van der Waals surface area contributed by atoms with Gasteiger partial charge in [0.15, 0.2) is 17.5 Å². The van der Waals surface area contributed by atoms with Gasteiger partial charge in [-0.3, -0.25) is 0 Å². The van der Waals surface area contributed by atoms with Crippen LogP contribution in [0.5, 0.6) is 0 Å². The maximum absolute atomic E-state index is 5.04. The van der Waals surface area contributed by atoms with E-state index in [1.165, 1.54) is 93.5 Å². The number of hydrogen-bond acceptors (Lipinski definition) is 3. The van der Waals surface area contributed by atoms with E-state index in [0.29, 0.717) is 17.5 Å². The SMILES string of the molecule is C/C=C\c1c(CC)n(CC)c2c(C)c(C)ccc12.C=C(C)/C=C\C=C/C.C=CC=C.c1ccc(-c2cc(-c3ccccc3)cc(-n3c4ccccc4c4c5ccc6ccn(-c7cccc(-c8nc(-c9ccccc9)nc(-c9ccccc9)n8)c7)c6c5ccc43)c2)cc1. The molecule has 6 heteroatoms. The summed E-state index contributed by atoms with van der Waals surface area (Å²) in [5.74, 6) is 1.91. The predicted molar refractivity (Wildman–Crippen MR) is 396 cm³/mol. The van der Waals surface area contributed by atoms with E-state index < -0.39 is 0 Å². The number of allylic oxidation sites excluding steroid dienone is 8. The van der Waals surface area contributed by atoms with Crippen molar-refractivity contribution in [2.45, 2.75) is 61.4 Å². The largest absolute Gasteiger partial charge is 0.344 e. The lowest BCUT2D eigenvalue weighted by molar-refractivity contribution is 0.743. The zero-order valence-corrected chi connectivity index (χ0v) is 53.9. The number of benzene rings is 10. The van der Waals surface area contributed by atoms with Gasteiger partial charge in [0.05, 0.1) is 22.1 Å². The Morgan fingerprint density at radius 1 is 0.467 bits per heavy atom. The molecule has 14 rings (SSSR count). The highest BCUT2D eigenvalue weighted by atomic mass is 15.0. The van der Waals surface area contributed by atoms with Crippen LogP contribution in [0.2, 0.25) is 0 Å². The Hall–Kier alpha value is -11.2. The minimum absolute atomic E-state index is 0.627. The van der Waals surface area contributed by atoms with E-state index in [9.17, 15) is 0 Å². The number of aryl methyl sites for hydroxylation is 3. The second kappa shape index (κ2) is 29.0. The molecule has 0 saturated carbocycles. The molecule has 14 aromatic rings. The lowest BCUT2D eigenvalue weighted by Gasteiger charge is -2.14. The van der Waals surface area contributed by atoms with Crippen molar-refractivity contribution in [1.82, 2.24) is 28.7 Å². The highest BCUT2D eigenvalue weighted by molar-refractivity contribution is 6.25. The Balaban J connectivity index is 0.000000239. The molecule has 0 bridgehead atoms. The fourth-order valence-corrected chi connectivity index (χ4v) is 12.3. The van der Waals surface area contributed by atoms with Crippen LogP contribution >= 0.6 is 0 Å². The molecular formula is C86H78N6. The number of fused-ring (bicyclic) bond motifs is 8. The van der Waals surface area contributed by atoms with Gasteiger partial charge in [0.25, 0.3) is 0 Å². The van der Waals surface area contributed by atoms with Crippen LogP contribution in [0.4, 0.5) is 0 Å². The van der Waals surface area contributed by atoms with Crippen LogP contribution in [-0.4, -0.2) is 28.7 Å². The van der Waals surface area contributed by atoms with Crippen molar-refractivity contribution in [3.63, 3.8) is 0 Å². The first kappa shape index (κ1) is 62.4. The third kappa shape index (κ3) is 13.1. The second-order valence-electron chi connectivity index (χ2n) is 22.8. The van der Waals surface area contributed by atoms with Gasteiger partial charge in [0.2, 0.25) is 0 Å². The summed E-state index contributed by atoms with van der Waals surface area (Å²) in [4.78, 5) is 15.0. The molecule has 0 atom stereocenters. The minimum Gasteiger partial charge on any atom is -0.344 e. The average molecular weight is 1200 g/mol. The van der Waals surface area contributed by atoms with E-state index in [4.69, 9.17) is 15.0 Å². The van der Waals surface area contributed by atoms with E-state index >= 15 is 0 Å². The topological polar surface area (TPSA) is 53.5 Å². The summed E-state index contributed by atoms with van der Waals surface area (Å²) < 4.78 is 7.23. The van der Waals surface area contributed by atoms with Gasteiger partial charge < -0.3 is 13.7 Å². The van der Waals surface area contributed by atoms with Crippen molar-refractivity contribution in [3.05, 3.63) is 327 Å². The number of hydrogen-bond donors (Lipinski definition) is 0. The normalized spacial score (nSPS) is 11.3. The molecule has 4 aromatic heterocycles. The molecule has 4 heterocycles. The zero-order valence-electron chi connectivity index (χ0n) is 53.9. The van der Waals surface area contributed by atoms with Gasteiger partial charge in [0.1, 0.15) is 0 Å². The van der Waals surface area contributed by atoms with E-state index in [2.05, 4.69) is 256 Å². The van der Waals surface area contributed by atoms with E-state index in [1.54, 1.807) is 12.2 Å². The predicted octanol–water partition coefficient (Wildman–Crippen LogP) is 23.3. The highest BCUT2D eigenvalue weighted by Crippen LogP contribution is 2.42. The highest BCUT2D eigenvalue weighted by Gasteiger charge is 2.21. The van der Waals surface area contributed by atoms with E-state index in [0.717, 1.165) is 52.1 Å². The maximum Gasteiger partial charge on any atom is 0.164 e. The summed E-state index contributed by atoms with van der Waals surface area (Å²) in [6.07, 6.45) is 18.8. The van der Waals surface area contributed by atoms with E-state index in [-0.39, 0.29) is 0 Å². The average Bonchev–Trinajstić information content (AvgIpc) is 1.55. The van der Waals surface area contributed by atoms with Crippen molar-refractivity contribution in [1.29, 1.82) is 0 Å². The summed E-state index contributed by atoms with van der Waals surface area (Å²) in [5, 5.41) is 7.43. The maximum atomic E-state index is 5.04. The molecule has 0 N–H and O–H groups in total. The lowest BCUT2D eigenvalue weighted by atomic mass is 9.98. The van der Waals surface area contributed by atoms with Gasteiger partial charge in [-0.2, -0.15) is 0 Å². The minimum atomic E-state index is 0.627. The van der Waals surface area contributed by atoms with Gasteiger partial charge >= 0.3 is 0 Å². The van der Waals surface area contributed by atoms with Crippen LogP contribution < -0.4 is 0 Å². The second-order valence-corrected chi connectivity index (χ2v) is 22.8. The molecule has 0 aliphatic carbocycles.